The van der Waals surface area contributed by atoms with Crippen molar-refractivity contribution in [3.63, 3.8) is 0 Å². The number of benzene rings is 1. The molecule has 18 heavy (non-hydrogen) atoms. The highest BCUT2D eigenvalue weighted by Crippen LogP contribution is 2.36. The molecule has 1 rings (SSSR count). The van der Waals surface area contributed by atoms with Crippen molar-refractivity contribution in [2.45, 2.75) is 20.8 Å². The van der Waals surface area contributed by atoms with Crippen molar-refractivity contribution >= 4 is 11.5 Å². The smallest absolute Gasteiger partial charge is 0.336 e. The van der Waals surface area contributed by atoms with Gasteiger partial charge in [-0.2, -0.15) is 0 Å². The Morgan fingerprint density at radius 3 is 2.17 bits per heavy atom. The second-order valence-electron chi connectivity index (χ2n) is 4.15. The first kappa shape index (κ1) is 14.1. The molecule has 4 nitrogen and oxygen atoms in total. The lowest BCUT2D eigenvalue weighted by molar-refractivity contribution is -0.130. The molecule has 0 aliphatic rings. The summed E-state index contributed by atoms with van der Waals surface area (Å²) in [7, 11) is 3.09. The third-order valence-electron chi connectivity index (χ3n) is 2.76. The Balaban J connectivity index is 3.56. The fourth-order valence-electron chi connectivity index (χ4n) is 1.95. The van der Waals surface area contributed by atoms with Crippen molar-refractivity contribution in [1.82, 2.24) is 0 Å². The van der Waals surface area contributed by atoms with Gasteiger partial charge >= 0.3 is 5.97 Å². The monoisotopic (exact) mass is 250 g/mol. The molecular weight excluding hydrogens is 232 g/mol. The van der Waals surface area contributed by atoms with Crippen LogP contribution in [0.4, 0.5) is 0 Å². The van der Waals surface area contributed by atoms with Crippen LogP contribution < -0.4 is 9.47 Å². The molecular formula is C14H18O4. The lowest BCUT2D eigenvalue weighted by Gasteiger charge is -2.15. The minimum absolute atomic E-state index is 0.262. The van der Waals surface area contributed by atoms with E-state index in [0.717, 1.165) is 11.1 Å². The van der Waals surface area contributed by atoms with Crippen molar-refractivity contribution in [3.8, 4) is 11.5 Å². The van der Waals surface area contributed by atoms with E-state index in [9.17, 15) is 9.90 Å². The lowest BCUT2D eigenvalue weighted by Crippen LogP contribution is -2.05. The first-order valence-electron chi connectivity index (χ1n) is 5.56. The summed E-state index contributed by atoms with van der Waals surface area (Å²) in [6.45, 7) is 5.37. The van der Waals surface area contributed by atoms with Crippen LogP contribution >= 0.6 is 0 Å². The van der Waals surface area contributed by atoms with Gasteiger partial charge in [0.15, 0.2) is 0 Å². The normalized spacial score (nSPS) is 9.83. The topological polar surface area (TPSA) is 55.8 Å². The van der Waals surface area contributed by atoms with E-state index < -0.39 is 5.97 Å². The first-order chi connectivity index (χ1) is 8.43. The van der Waals surface area contributed by atoms with Gasteiger partial charge < -0.3 is 14.6 Å². The second kappa shape index (κ2) is 5.58. The Morgan fingerprint density at radius 2 is 1.78 bits per heavy atom. The van der Waals surface area contributed by atoms with E-state index >= 15 is 0 Å². The van der Waals surface area contributed by atoms with Crippen LogP contribution in [0.5, 0.6) is 11.5 Å². The molecule has 0 saturated heterocycles. The predicted molar refractivity (Wildman–Crippen MR) is 70.2 cm³/mol. The zero-order chi connectivity index (χ0) is 13.9. The summed E-state index contributed by atoms with van der Waals surface area (Å²) in [5, 5.41) is 9.29. The number of ether oxygens (including phenoxy) is 2. The fraction of sp³-hybridized carbons (Fsp3) is 0.357. The molecule has 0 bridgehead atoms. The zero-order valence-corrected chi connectivity index (χ0v) is 11.3. The maximum atomic E-state index is 11.3. The summed E-state index contributed by atoms with van der Waals surface area (Å²) in [6.07, 6.45) is 0. The maximum absolute atomic E-state index is 11.3. The van der Waals surface area contributed by atoms with Crippen LogP contribution in [0.2, 0.25) is 0 Å². The zero-order valence-electron chi connectivity index (χ0n) is 11.3. The fourth-order valence-corrected chi connectivity index (χ4v) is 1.95. The Bertz CT molecular complexity index is 497. The Kier molecular flexibility index (Phi) is 4.37. The van der Waals surface area contributed by atoms with Gasteiger partial charge in [0.2, 0.25) is 0 Å². The summed E-state index contributed by atoms with van der Waals surface area (Å²) in [6, 6.07) is 3.46. The van der Waals surface area contributed by atoms with Crippen molar-refractivity contribution in [1.29, 1.82) is 0 Å². The highest BCUT2D eigenvalue weighted by Gasteiger charge is 2.20. The molecule has 0 heterocycles. The van der Waals surface area contributed by atoms with Gasteiger partial charge in [0, 0.05) is 11.1 Å². The van der Waals surface area contributed by atoms with Gasteiger partial charge in [0.25, 0.3) is 0 Å². The van der Waals surface area contributed by atoms with Crippen LogP contribution in [0.3, 0.4) is 0 Å². The molecule has 0 radical (unpaired) electrons. The number of carboxylic acids is 1. The molecule has 0 aliphatic carbocycles. The van der Waals surface area contributed by atoms with Gasteiger partial charge in [0.05, 0.1) is 19.8 Å². The third kappa shape index (κ3) is 2.47. The van der Waals surface area contributed by atoms with E-state index in [1.165, 1.54) is 7.11 Å². The van der Waals surface area contributed by atoms with Crippen molar-refractivity contribution in [2.75, 3.05) is 14.2 Å². The summed E-state index contributed by atoms with van der Waals surface area (Å²) in [4.78, 5) is 11.3. The van der Waals surface area contributed by atoms with Gasteiger partial charge in [-0.1, -0.05) is 5.57 Å². The van der Waals surface area contributed by atoms with E-state index in [4.69, 9.17) is 9.47 Å². The van der Waals surface area contributed by atoms with Crippen LogP contribution in [0.25, 0.3) is 5.57 Å². The Labute approximate surface area is 107 Å². The first-order valence-corrected chi connectivity index (χ1v) is 5.56. The van der Waals surface area contributed by atoms with Crippen LogP contribution in [0.1, 0.15) is 25.0 Å². The molecule has 1 aromatic carbocycles. The molecule has 0 aromatic heterocycles. The van der Waals surface area contributed by atoms with E-state index in [0.29, 0.717) is 17.1 Å². The van der Waals surface area contributed by atoms with Gasteiger partial charge in [-0.25, -0.2) is 4.79 Å². The molecule has 0 unspecified atom stereocenters. The molecule has 0 saturated carbocycles. The third-order valence-corrected chi connectivity index (χ3v) is 2.76. The average molecular weight is 250 g/mol. The van der Waals surface area contributed by atoms with Crippen molar-refractivity contribution < 1.29 is 19.4 Å². The summed E-state index contributed by atoms with van der Waals surface area (Å²) in [5.41, 5.74) is 2.35. The molecule has 0 fully saturated rings. The SMILES string of the molecule is COc1ccc(C(C(=O)O)=C(C)C)c(OC)c1C. The molecule has 0 spiro atoms. The number of rotatable bonds is 4. The molecule has 0 aliphatic heterocycles. The van der Waals surface area contributed by atoms with Crippen molar-refractivity contribution in [2.24, 2.45) is 0 Å². The number of carboxylic acid groups (broad SMARTS) is 1. The van der Waals surface area contributed by atoms with Crippen LogP contribution in [-0.4, -0.2) is 25.3 Å². The summed E-state index contributed by atoms with van der Waals surface area (Å²) >= 11 is 0. The van der Waals surface area contributed by atoms with Crippen LogP contribution in [0.15, 0.2) is 17.7 Å². The van der Waals surface area contributed by atoms with E-state index in [2.05, 4.69) is 0 Å². The minimum Gasteiger partial charge on any atom is -0.496 e. The summed E-state index contributed by atoms with van der Waals surface area (Å²) in [5.74, 6) is 0.250. The van der Waals surface area contributed by atoms with Crippen LogP contribution in [-0.2, 0) is 4.79 Å². The highest BCUT2D eigenvalue weighted by molar-refractivity contribution is 6.17. The molecule has 4 heteroatoms. The molecule has 98 valence electrons. The van der Waals surface area contributed by atoms with Gasteiger partial charge in [-0.3, -0.25) is 0 Å². The maximum Gasteiger partial charge on any atom is 0.336 e. The Hall–Kier alpha value is -1.97. The number of hydrogen-bond acceptors (Lipinski definition) is 3. The molecule has 0 amide bonds. The van der Waals surface area contributed by atoms with E-state index in [1.54, 1.807) is 33.1 Å². The molecule has 0 atom stereocenters. The van der Waals surface area contributed by atoms with Crippen LogP contribution in [0, 0.1) is 6.92 Å². The van der Waals surface area contributed by atoms with E-state index in [-0.39, 0.29) is 5.57 Å². The lowest BCUT2D eigenvalue weighted by atomic mass is 9.98. The second-order valence-corrected chi connectivity index (χ2v) is 4.15. The largest absolute Gasteiger partial charge is 0.496 e. The van der Waals surface area contributed by atoms with Crippen molar-refractivity contribution in [3.05, 3.63) is 28.8 Å². The summed E-state index contributed by atoms with van der Waals surface area (Å²) < 4.78 is 10.5. The van der Waals surface area contributed by atoms with Gasteiger partial charge in [-0.15, -0.1) is 0 Å². The predicted octanol–water partition coefficient (Wildman–Crippen LogP) is 2.89. The number of allylic oxidation sites excluding steroid dienone is 1. The molecule has 1 aromatic rings. The number of hydrogen-bond donors (Lipinski definition) is 1. The minimum atomic E-state index is -0.960. The highest BCUT2D eigenvalue weighted by atomic mass is 16.5. The Morgan fingerprint density at radius 1 is 1.17 bits per heavy atom. The molecule has 1 N–H and O–H groups in total. The van der Waals surface area contributed by atoms with Gasteiger partial charge in [-0.05, 0) is 32.9 Å². The standard InChI is InChI=1S/C14H18O4/c1-8(2)12(14(15)16)10-6-7-11(17-4)9(3)13(10)18-5/h6-7H,1-5H3,(H,15,16). The van der Waals surface area contributed by atoms with Gasteiger partial charge in [0.1, 0.15) is 11.5 Å². The quantitative estimate of drug-likeness (QED) is 0.835. The average Bonchev–Trinajstić information content (AvgIpc) is 2.28. The van der Waals surface area contributed by atoms with E-state index in [1.807, 2.05) is 6.92 Å². The number of aliphatic carboxylic acids is 1. The number of methoxy groups -OCH3 is 2. The number of carbonyl (C=O) groups is 1.